The Labute approximate surface area is 154 Å². The van der Waals surface area contributed by atoms with Gasteiger partial charge in [-0.2, -0.15) is 4.98 Å². The van der Waals surface area contributed by atoms with Gasteiger partial charge in [0.2, 0.25) is 5.28 Å². The fourth-order valence-electron chi connectivity index (χ4n) is 3.65. The highest BCUT2D eigenvalue weighted by Crippen LogP contribution is 2.45. The van der Waals surface area contributed by atoms with Crippen molar-refractivity contribution in [2.75, 3.05) is 18.5 Å². The zero-order chi connectivity index (χ0) is 17.5. The minimum atomic E-state index is 0.359. The van der Waals surface area contributed by atoms with Crippen molar-refractivity contribution in [2.24, 2.45) is 11.3 Å². The van der Waals surface area contributed by atoms with Crippen LogP contribution in [0.15, 0.2) is 0 Å². The number of fused-ring (bicyclic) bond motifs is 3. The highest BCUT2D eigenvalue weighted by Gasteiger charge is 2.32. The van der Waals surface area contributed by atoms with Gasteiger partial charge in [-0.05, 0) is 54.2 Å². The molecule has 0 N–H and O–H groups in total. The van der Waals surface area contributed by atoms with Crippen LogP contribution in [0.5, 0.6) is 0 Å². The smallest absolute Gasteiger partial charge is 0.225 e. The molecule has 2 aromatic rings. The molecule has 1 aliphatic carbocycles. The Balaban J connectivity index is 2.04. The van der Waals surface area contributed by atoms with E-state index in [4.69, 9.17) is 11.6 Å². The van der Waals surface area contributed by atoms with Crippen molar-refractivity contribution in [1.29, 1.82) is 0 Å². The summed E-state index contributed by atoms with van der Waals surface area (Å²) in [5, 5.41) is 1.62. The fraction of sp³-hybridized carbons (Fsp3) is 0.684. The molecule has 5 heteroatoms. The molecule has 0 saturated heterocycles. The molecule has 0 spiro atoms. The first-order chi connectivity index (χ1) is 11.3. The third kappa shape index (κ3) is 3.41. The number of thiophene rings is 1. The molecule has 3 nitrogen and oxygen atoms in total. The van der Waals surface area contributed by atoms with Gasteiger partial charge in [0.1, 0.15) is 10.6 Å². The molecular weight excluding hydrogens is 338 g/mol. The van der Waals surface area contributed by atoms with Crippen LogP contribution in [0.3, 0.4) is 0 Å². The molecule has 0 amide bonds. The number of unbranched alkanes of at least 4 members (excludes halogenated alkanes) is 1. The molecule has 1 unspecified atom stereocenters. The van der Waals surface area contributed by atoms with E-state index in [0.29, 0.717) is 10.7 Å². The van der Waals surface area contributed by atoms with Gasteiger partial charge < -0.3 is 4.90 Å². The molecule has 3 rings (SSSR count). The van der Waals surface area contributed by atoms with Crippen LogP contribution < -0.4 is 4.90 Å². The predicted molar refractivity (Wildman–Crippen MR) is 106 cm³/mol. The minimum absolute atomic E-state index is 0.359. The van der Waals surface area contributed by atoms with E-state index in [1.165, 1.54) is 28.7 Å². The lowest BCUT2D eigenvalue weighted by Gasteiger charge is -2.33. The van der Waals surface area contributed by atoms with Crippen molar-refractivity contribution >= 4 is 39.0 Å². The van der Waals surface area contributed by atoms with Crippen molar-refractivity contribution in [3.8, 4) is 0 Å². The van der Waals surface area contributed by atoms with E-state index in [2.05, 4.69) is 49.6 Å². The summed E-state index contributed by atoms with van der Waals surface area (Å²) in [6, 6.07) is 0. The van der Waals surface area contributed by atoms with Crippen LogP contribution >= 0.6 is 22.9 Å². The quantitative estimate of drug-likeness (QED) is 0.647. The Kier molecular flexibility index (Phi) is 5.08. The highest BCUT2D eigenvalue weighted by atomic mass is 35.5. The van der Waals surface area contributed by atoms with Crippen molar-refractivity contribution in [3.05, 3.63) is 15.7 Å². The number of hydrogen-bond acceptors (Lipinski definition) is 4. The molecule has 2 aromatic heterocycles. The van der Waals surface area contributed by atoms with E-state index in [0.717, 1.165) is 42.4 Å². The van der Waals surface area contributed by atoms with Crippen LogP contribution in [0, 0.1) is 11.3 Å². The third-order valence-electron chi connectivity index (χ3n) is 5.30. The van der Waals surface area contributed by atoms with Crippen molar-refractivity contribution in [3.63, 3.8) is 0 Å². The third-order valence-corrected chi connectivity index (χ3v) is 6.61. The number of aromatic nitrogens is 2. The van der Waals surface area contributed by atoms with E-state index in [1.807, 2.05) is 11.3 Å². The molecule has 0 bridgehead atoms. The molecule has 0 saturated carbocycles. The Morgan fingerprint density at radius 2 is 2.04 bits per heavy atom. The highest BCUT2D eigenvalue weighted by molar-refractivity contribution is 7.19. The van der Waals surface area contributed by atoms with Crippen molar-refractivity contribution in [2.45, 2.75) is 59.8 Å². The number of anilines is 1. The molecule has 24 heavy (non-hydrogen) atoms. The summed E-state index contributed by atoms with van der Waals surface area (Å²) in [5.41, 5.74) is 1.84. The second kappa shape index (κ2) is 6.80. The molecule has 0 aliphatic heterocycles. The number of halogens is 1. The average Bonchev–Trinajstić information content (AvgIpc) is 2.87. The van der Waals surface area contributed by atoms with Gasteiger partial charge in [-0.1, -0.05) is 34.1 Å². The van der Waals surface area contributed by atoms with Gasteiger partial charge >= 0.3 is 0 Å². The first-order valence-electron chi connectivity index (χ1n) is 9.00. The monoisotopic (exact) mass is 365 g/mol. The molecule has 1 aliphatic rings. The Morgan fingerprint density at radius 1 is 1.29 bits per heavy atom. The number of nitrogens with zero attached hydrogens (tertiary/aromatic N) is 3. The second-order valence-corrected chi connectivity index (χ2v) is 9.50. The SMILES string of the molecule is CCCCN(C)c1nc(Cl)nc2sc3c(c12)CCC(C(C)(C)C)C3. The summed E-state index contributed by atoms with van der Waals surface area (Å²) >= 11 is 8.05. The Hall–Kier alpha value is -0.870. The van der Waals surface area contributed by atoms with Gasteiger partial charge in [0, 0.05) is 18.5 Å². The summed E-state index contributed by atoms with van der Waals surface area (Å²) in [4.78, 5) is 13.9. The van der Waals surface area contributed by atoms with E-state index in [1.54, 1.807) is 0 Å². The van der Waals surface area contributed by atoms with Gasteiger partial charge in [-0.3, -0.25) is 0 Å². The zero-order valence-electron chi connectivity index (χ0n) is 15.4. The lowest BCUT2D eigenvalue weighted by atomic mass is 9.72. The van der Waals surface area contributed by atoms with Gasteiger partial charge in [-0.25, -0.2) is 4.98 Å². The molecule has 0 radical (unpaired) electrons. The zero-order valence-corrected chi connectivity index (χ0v) is 17.0. The maximum Gasteiger partial charge on any atom is 0.225 e. The van der Waals surface area contributed by atoms with Gasteiger partial charge in [0.05, 0.1) is 5.39 Å². The largest absolute Gasteiger partial charge is 0.359 e. The summed E-state index contributed by atoms with van der Waals surface area (Å²) in [7, 11) is 2.12. The van der Waals surface area contributed by atoms with Crippen LogP contribution in [0.25, 0.3) is 10.2 Å². The summed E-state index contributed by atoms with van der Waals surface area (Å²) in [6.45, 7) is 10.3. The van der Waals surface area contributed by atoms with Crippen LogP contribution in [-0.4, -0.2) is 23.6 Å². The average molecular weight is 366 g/mol. The molecule has 0 aromatic carbocycles. The standard InChI is InChI=1S/C19H28ClN3S/c1-6-7-10-23(5)16-15-13-9-8-12(19(2,3)4)11-14(13)24-17(15)22-18(20)21-16/h12H,6-11H2,1-5H3. The molecule has 0 fully saturated rings. The number of hydrogen-bond donors (Lipinski definition) is 0. The van der Waals surface area contributed by atoms with Gasteiger partial charge in [0.25, 0.3) is 0 Å². The molecular formula is C19H28ClN3S. The van der Waals surface area contributed by atoms with Crippen molar-refractivity contribution in [1.82, 2.24) is 9.97 Å². The van der Waals surface area contributed by atoms with Gasteiger partial charge in [0.15, 0.2) is 0 Å². The summed E-state index contributed by atoms with van der Waals surface area (Å²) in [6.07, 6.45) is 5.90. The Morgan fingerprint density at radius 3 is 2.71 bits per heavy atom. The van der Waals surface area contributed by atoms with E-state index in [9.17, 15) is 0 Å². The maximum absolute atomic E-state index is 6.22. The van der Waals surface area contributed by atoms with Crippen molar-refractivity contribution < 1.29 is 0 Å². The molecule has 2 heterocycles. The lowest BCUT2D eigenvalue weighted by Crippen LogP contribution is -2.26. The van der Waals surface area contributed by atoms with E-state index in [-0.39, 0.29) is 0 Å². The topological polar surface area (TPSA) is 29.0 Å². The van der Waals surface area contributed by atoms with Crippen LogP contribution in [0.1, 0.15) is 57.4 Å². The fourth-order valence-corrected chi connectivity index (χ4v) is 5.16. The summed E-state index contributed by atoms with van der Waals surface area (Å²) in [5.74, 6) is 1.76. The predicted octanol–water partition coefficient (Wildman–Crippen LogP) is 5.73. The normalized spacial score (nSPS) is 18.0. The minimum Gasteiger partial charge on any atom is -0.359 e. The first-order valence-corrected chi connectivity index (χ1v) is 10.2. The first kappa shape index (κ1) is 17.9. The summed E-state index contributed by atoms with van der Waals surface area (Å²) < 4.78 is 0. The maximum atomic E-state index is 6.22. The van der Waals surface area contributed by atoms with E-state index < -0.39 is 0 Å². The molecule has 1 atom stereocenters. The van der Waals surface area contributed by atoms with Crippen LogP contribution in [0.2, 0.25) is 5.28 Å². The second-order valence-electron chi connectivity index (χ2n) is 8.08. The number of rotatable bonds is 4. The van der Waals surface area contributed by atoms with Crippen LogP contribution in [-0.2, 0) is 12.8 Å². The molecule has 132 valence electrons. The van der Waals surface area contributed by atoms with E-state index >= 15 is 0 Å². The Bertz CT molecular complexity index is 732. The number of aryl methyl sites for hydroxylation is 1. The van der Waals surface area contributed by atoms with Crippen LogP contribution in [0.4, 0.5) is 5.82 Å². The van der Waals surface area contributed by atoms with Gasteiger partial charge in [-0.15, -0.1) is 11.3 Å². The lowest BCUT2D eigenvalue weighted by molar-refractivity contribution is 0.218.